The Morgan fingerprint density at radius 2 is 1.58 bits per heavy atom. The van der Waals surface area contributed by atoms with Gasteiger partial charge in [0.1, 0.15) is 0 Å². The molecule has 0 unspecified atom stereocenters. The van der Waals surface area contributed by atoms with Crippen LogP contribution in [-0.2, 0) is 9.53 Å². The van der Waals surface area contributed by atoms with E-state index in [1.807, 2.05) is 42.5 Å². The van der Waals surface area contributed by atoms with Crippen molar-refractivity contribution in [2.75, 3.05) is 0 Å². The molecule has 0 saturated heterocycles. The predicted molar refractivity (Wildman–Crippen MR) is 72.6 cm³/mol. The molecule has 19 heavy (non-hydrogen) atoms. The van der Waals surface area contributed by atoms with Crippen molar-refractivity contribution < 1.29 is 9.53 Å². The van der Waals surface area contributed by atoms with E-state index in [1.54, 1.807) is 12.1 Å². The van der Waals surface area contributed by atoms with E-state index in [1.165, 1.54) is 6.26 Å². The van der Waals surface area contributed by atoms with Crippen LogP contribution in [0.4, 0.5) is 0 Å². The fourth-order valence-corrected chi connectivity index (χ4v) is 1.72. The molecular formula is C16H11NO2. The van der Waals surface area contributed by atoms with Gasteiger partial charge in [0.15, 0.2) is 0 Å². The van der Waals surface area contributed by atoms with Crippen molar-refractivity contribution in [1.82, 2.24) is 0 Å². The average Bonchev–Trinajstić information content (AvgIpc) is 2.48. The highest BCUT2D eigenvalue weighted by Gasteiger charge is 2.10. The first kappa shape index (κ1) is 12.6. The summed E-state index contributed by atoms with van der Waals surface area (Å²) in [6, 6.07) is 17.3. The Morgan fingerprint density at radius 3 is 2.16 bits per heavy atom. The second-order valence-electron chi connectivity index (χ2n) is 3.90. The van der Waals surface area contributed by atoms with Gasteiger partial charge in [0.2, 0.25) is 0 Å². The second kappa shape index (κ2) is 5.65. The van der Waals surface area contributed by atoms with Crippen molar-refractivity contribution in [1.29, 1.82) is 5.26 Å². The topological polar surface area (TPSA) is 50.1 Å². The monoisotopic (exact) mass is 249 g/mol. The number of nitrogens with zero attached hydrogens (tertiary/aromatic N) is 1. The lowest BCUT2D eigenvalue weighted by Gasteiger charge is -2.05. The van der Waals surface area contributed by atoms with Gasteiger partial charge in [-0.2, -0.15) is 0 Å². The Labute approximate surface area is 111 Å². The lowest BCUT2D eigenvalue weighted by Crippen LogP contribution is -2.02. The Morgan fingerprint density at radius 1 is 1.00 bits per heavy atom. The zero-order chi connectivity index (χ0) is 13.7. The summed E-state index contributed by atoms with van der Waals surface area (Å²) in [4.78, 5) is 11.4. The molecule has 3 heteroatoms. The molecule has 0 fully saturated rings. The highest BCUT2D eigenvalue weighted by Crippen LogP contribution is 2.22. The molecule has 0 aromatic heterocycles. The highest BCUT2D eigenvalue weighted by atomic mass is 16.5. The molecule has 0 aliphatic heterocycles. The third kappa shape index (κ3) is 2.88. The molecule has 2 rings (SSSR count). The lowest BCUT2D eigenvalue weighted by molar-refractivity contribution is -0.130. The van der Waals surface area contributed by atoms with Gasteiger partial charge < -0.3 is 4.74 Å². The van der Waals surface area contributed by atoms with Crippen LogP contribution in [0.2, 0.25) is 0 Å². The number of hydrogen-bond acceptors (Lipinski definition) is 3. The third-order valence-electron chi connectivity index (χ3n) is 2.73. The summed E-state index contributed by atoms with van der Waals surface area (Å²) in [5.74, 6) is -0.727. The van der Waals surface area contributed by atoms with Crippen LogP contribution in [0.3, 0.4) is 0 Å². The van der Waals surface area contributed by atoms with Crippen LogP contribution in [0.25, 0.3) is 16.7 Å². The molecule has 0 aliphatic carbocycles. The number of esters is 1. The molecule has 2 aromatic rings. The van der Waals surface area contributed by atoms with Crippen molar-refractivity contribution >= 4 is 11.5 Å². The SMILES string of the molecule is C=C(C(=O)OC#N)c1ccc(-c2ccccc2)cc1. The maximum atomic E-state index is 11.4. The number of hydrogen-bond donors (Lipinski definition) is 0. The molecule has 3 nitrogen and oxygen atoms in total. The van der Waals surface area contributed by atoms with Gasteiger partial charge in [-0.1, -0.05) is 61.2 Å². The van der Waals surface area contributed by atoms with Crippen molar-refractivity contribution in [2.24, 2.45) is 0 Å². The molecule has 0 amide bonds. The Bertz CT molecular complexity index is 637. The molecule has 0 heterocycles. The molecule has 0 radical (unpaired) electrons. The fourth-order valence-electron chi connectivity index (χ4n) is 1.72. The van der Waals surface area contributed by atoms with Crippen LogP contribution in [0.1, 0.15) is 5.56 Å². The van der Waals surface area contributed by atoms with Crippen LogP contribution in [0.5, 0.6) is 0 Å². The molecular weight excluding hydrogens is 238 g/mol. The first-order valence-electron chi connectivity index (χ1n) is 5.67. The molecule has 0 spiro atoms. The largest absolute Gasteiger partial charge is 0.353 e. The zero-order valence-corrected chi connectivity index (χ0v) is 10.2. The Hall–Kier alpha value is -2.86. The molecule has 0 bridgehead atoms. The van der Waals surface area contributed by atoms with Crippen molar-refractivity contribution in [3.8, 4) is 17.4 Å². The number of ether oxygens (including phenoxy) is 1. The van der Waals surface area contributed by atoms with E-state index in [0.717, 1.165) is 11.1 Å². The average molecular weight is 249 g/mol. The Balaban J connectivity index is 2.22. The van der Waals surface area contributed by atoms with E-state index in [-0.39, 0.29) is 5.57 Å². The minimum absolute atomic E-state index is 0.168. The van der Waals surface area contributed by atoms with Crippen LogP contribution in [-0.4, -0.2) is 5.97 Å². The van der Waals surface area contributed by atoms with Crippen LogP contribution in [0, 0.1) is 11.5 Å². The summed E-state index contributed by atoms with van der Waals surface area (Å²) in [6.45, 7) is 3.62. The van der Waals surface area contributed by atoms with E-state index in [9.17, 15) is 4.79 Å². The zero-order valence-electron chi connectivity index (χ0n) is 10.2. The summed E-state index contributed by atoms with van der Waals surface area (Å²) in [5, 5.41) is 8.29. The normalized spacial score (nSPS) is 9.42. The van der Waals surface area contributed by atoms with Crippen molar-refractivity contribution in [2.45, 2.75) is 0 Å². The van der Waals surface area contributed by atoms with E-state index >= 15 is 0 Å². The standard InChI is InChI=1S/C16H11NO2/c1-12(16(18)19-11-17)13-7-9-15(10-8-13)14-5-3-2-4-6-14/h2-10H,1H2. The van der Waals surface area contributed by atoms with Gasteiger partial charge in [0.25, 0.3) is 6.26 Å². The number of carbonyl (C=O) groups excluding carboxylic acids is 1. The molecule has 2 aromatic carbocycles. The number of nitriles is 1. The number of carbonyl (C=O) groups is 1. The first-order valence-corrected chi connectivity index (χ1v) is 5.67. The van der Waals surface area contributed by atoms with E-state index < -0.39 is 5.97 Å². The van der Waals surface area contributed by atoms with Crippen LogP contribution >= 0.6 is 0 Å². The molecule has 0 aliphatic rings. The van der Waals surface area contributed by atoms with Crippen molar-refractivity contribution in [3.63, 3.8) is 0 Å². The van der Waals surface area contributed by atoms with E-state index in [2.05, 4.69) is 11.3 Å². The molecule has 0 atom stereocenters. The molecule has 0 saturated carbocycles. The predicted octanol–water partition coefficient (Wildman–Crippen LogP) is 3.39. The summed E-state index contributed by atoms with van der Waals surface area (Å²) < 4.78 is 4.24. The van der Waals surface area contributed by atoms with Gasteiger partial charge in [-0.05, 0) is 16.7 Å². The minimum atomic E-state index is -0.727. The summed E-state index contributed by atoms with van der Waals surface area (Å²) in [6.07, 6.45) is 1.34. The quantitative estimate of drug-likeness (QED) is 0.476. The van der Waals surface area contributed by atoms with E-state index in [4.69, 9.17) is 5.26 Å². The van der Waals surface area contributed by atoms with Gasteiger partial charge in [0.05, 0.1) is 5.57 Å². The molecule has 0 N–H and O–H groups in total. The van der Waals surface area contributed by atoms with Gasteiger partial charge >= 0.3 is 5.97 Å². The van der Waals surface area contributed by atoms with E-state index in [0.29, 0.717) is 5.56 Å². The van der Waals surface area contributed by atoms with Gasteiger partial charge in [-0.3, -0.25) is 0 Å². The van der Waals surface area contributed by atoms with Crippen molar-refractivity contribution in [3.05, 3.63) is 66.7 Å². The summed E-state index contributed by atoms with van der Waals surface area (Å²) in [5.41, 5.74) is 2.95. The van der Waals surface area contributed by atoms with Gasteiger partial charge in [-0.25, -0.2) is 4.79 Å². The second-order valence-corrected chi connectivity index (χ2v) is 3.90. The first-order chi connectivity index (χ1) is 9.22. The highest BCUT2D eigenvalue weighted by molar-refractivity contribution is 6.15. The maximum absolute atomic E-state index is 11.4. The Kier molecular flexibility index (Phi) is 3.75. The molecule has 92 valence electrons. The van der Waals surface area contributed by atoms with Gasteiger partial charge in [-0.15, -0.1) is 5.26 Å². The van der Waals surface area contributed by atoms with Crippen LogP contribution < -0.4 is 0 Å². The number of benzene rings is 2. The summed E-state index contributed by atoms with van der Waals surface area (Å²) >= 11 is 0. The van der Waals surface area contributed by atoms with Gasteiger partial charge in [0, 0.05) is 0 Å². The third-order valence-corrected chi connectivity index (χ3v) is 2.73. The van der Waals surface area contributed by atoms with Crippen LogP contribution in [0.15, 0.2) is 61.2 Å². The lowest BCUT2D eigenvalue weighted by atomic mass is 10.0. The fraction of sp³-hybridized carbons (Fsp3) is 0. The smallest absolute Gasteiger partial charge is 0.347 e. The minimum Gasteiger partial charge on any atom is -0.347 e. The number of rotatable bonds is 3. The summed E-state index contributed by atoms with van der Waals surface area (Å²) in [7, 11) is 0. The maximum Gasteiger partial charge on any atom is 0.353 e.